The SMILES string of the molecule is COC(=O)C(CO)NC(=O)CCNS(=O)(=O)c1cccs1. The number of aliphatic hydroxyl groups excluding tert-OH is 1. The van der Waals surface area contributed by atoms with E-state index in [1.807, 2.05) is 0 Å². The quantitative estimate of drug-likeness (QED) is 0.527. The molecule has 21 heavy (non-hydrogen) atoms. The van der Waals surface area contributed by atoms with Crippen molar-refractivity contribution in [3.63, 3.8) is 0 Å². The fourth-order valence-electron chi connectivity index (χ4n) is 1.37. The Balaban J connectivity index is 2.42. The molecule has 0 saturated heterocycles. The number of esters is 1. The van der Waals surface area contributed by atoms with Crippen LogP contribution in [0.1, 0.15) is 6.42 Å². The molecular formula is C11H16N2O6S2. The molecule has 118 valence electrons. The van der Waals surface area contributed by atoms with Crippen LogP contribution < -0.4 is 10.0 Å². The van der Waals surface area contributed by atoms with Gasteiger partial charge in [-0.05, 0) is 11.4 Å². The van der Waals surface area contributed by atoms with E-state index in [4.69, 9.17) is 5.11 Å². The van der Waals surface area contributed by atoms with Gasteiger partial charge in [0.25, 0.3) is 0 Å². The summed E-state index contributed by atoms with van der Waals surface area (Å²) in [4.78, 5) is 22.7. The highest BCUT2D eigenvalue weighted by Crippen LogP contribution is 2.14. The predicted molar refractivity (Wildman–Crippen MR) is 75.2 cm³/mol. The Labute approximate surface area is 126 Å². The number of ether oxygens (including phenoxy) is 1. The third-order valence-corrected chi connectivity index (χ3v) is 5.27. The fourth-order valence-corrected chi connectivity index (χ4v) is 3.44. The van der Waals surface area contributed by atoms with Crippen LogP contribution in [0.5, 0.6) is 0 Å². The van der Waals surface area contributed by atoms with Gasteiger partial charge < -0.3 is 15.2 Å². The summed E-state index contributed by atoms with van der Waals surface area (Å²) >= 11 is 1.06. The Morgan fingerprint density at radius 1 is 1.48 bits per heavy atom. The summed E-state index contributed by atoms with van der Waals surface area (Å²) in [5.41, 5.74) is 0. The minimum absolute atomic E-state index is 0.120. The average molecular weight is 336 g/mol. The number of nitrogens with one attached hydrogen (secondary N) is 2. The maximum Gasteiger partial charge on any atom is 0.330 e. The lowest BCUT2D eigenvalue weighted by molar-refractivity contribution is -0.146. The summed E-state index contributed by atoms with van der Waals surface area (Å²) in [5, 5.41) is 12.8. The minimum Gasteiger partial charge on any atom is -0.467 e. The van der Waals surface area contributed by atoms with Gasteiger partial charge in [0.1, 0.15) is 4.21 Å². The summed E-state index contributed by atoms with van der Waals surface area (Å²) in [7, 11) is -2.49. The van der Waals surface area contributed by atoms with Gasteiger partial charge in [-0.15, -0.1) is 11.3 Å². The number of aliphatic hydroxyl groups is 1. The van der Waals surface area contributed by atoms with E-state index in [1.54, 1.807) is 11.4 Å². The number of thiophene rings is 1. The predicted octanol–water partition coefficient (Wildman–Crippen LogP) is -0.933. The number of carbonyl (C=O) groups excluding carboxylic acids is 2. The Morgan fingerprint density at radius 2 is 2.19 bits per heavy atom. The molecule has 0 bridgehead atoms. The van der Waals surface area contributed by atoms with E-state index < -0.39 is 34.5 Å². The topological polar surface area (TPSA) is 122 Å². The van der Waals surface area contributed by atoms with Gasteiger partial charge in [0.2, 0.25) is 15.9 Å². The van der Waals surface area contributed by atoms with Gasteiger partial charge in [-0.3, -0.25) is 4.79 Å². The Bertz CT molecular complexity index is 570. The van der Waals surface area contributed by atoms with E-state index in [9.17, 15) is 18.0 Å². The van der Waals surface area contributed by atoms with Gasteiger partial charge in [0, 0.05) is 13.0 Å². The van der Waals surface area contributed by atoms with Crippen molar-refractivity contribution in [2.75, 3.05) is 20.3 Å². The zero-order chi connectivity index (χ0) is 15.9. The fraction of sp³-hybridized carbons (Fsp3) is 0.455. The molecule has 0 fully saturated rings. The molecule has 0 radical (unpaired) electrons. The highest BCUT2D eigenvalue weighted by Gasteiger charge is 2.21. The smallest absolute Gasteiger partial charge is 0.330 e. The molecule has 1 heterocycles. The van der Waals surface area contributed by atoms with Crippen molar-refractivity contribution in [2.45, 2.75) is 16.7 Å². The number of amides is 1. The molecule has 1 aromatic rings. The number of hydrogen-bond donors (Lipinski definition) is 3. The molecule has 1 unspecified atom stereocenters. The van der Waals surface area contributed by atoms with Crippen LogP contribution in [0.25, 0.3) is 0 Å². The largest absolute Gasteiger partial charge is 0.467 e. The molecule has 1 amide bonds. The van der Waals surface area contributed by atoms with Gasteiger partial charge in [0.15, 0.2) is 6.04 Å². The van der Waals surface area contributed by atoms with Crippen LogP contribution in [0.15, 0.2) is 21.7 Å². The monoisotopic (exact) mass is 336 g/mol. The van der Waals surface area contributed by atoms with Crippen LogP contribution in [0.2, 0.25) is 0 Å². The summed E-state index contributed by atoms with van der Waals surface area (Å²) in [6.07, 6.45) is -0.169. The van der Waals surface area contributed by atoms with Crippen molar-refractivity contribution < 1.29 is 27.9 Å². The second-order valence-electron chi connectivity index (χ2n) is 3.91. The van der Waals surface area contributed by atoms with E-state index in [-0.39, 0.29) is 17.2 Å². The molecule has 0 spiro atoms. The normalized spacial score (nSPS) is 12.7. The Hall–Kier alpha value is -1.49. The first-order valence-electron chi connectivity index (χ1n) is 5.92. The third kappa shape index (κ3) is 5.42. The molecule has 0 aliphatic carbocycles. The van der Waals surface area contributed by atoms with Gasteiger partial charge in [0.05, 0.1) is 13.7 Å². The first-order chi connectivity index (χ1) is 9.90. The van der Waals surface area contributed by atoms with Gasteiger partial charge in [-0.25, -0.2) is 17.9 Å². The standard InChI is InChI=1S/C11H16N2O6S2/c1-19-11(16)8(7-14)13-9(15)4-5-12-21(17,18)10-3-2-6-20-10/h2-3,6,8,12,14H,4-5,7H2,1H3,(H,13,15). The minimum atomic E-state index is -3.62. The number of rotatable bonds is 8. The van der Waals surface area contributed by atoms with Crippen LogP contribution in [0.3, 0.4) is 0 Å². The van der Waals surface area contributed by atoms with Crippen molar-refractivity contribution in [3.05, 3.63) is 17.5 Å². The molecule has 0 saturated carbocycles. The second kappa shape index (κ2) is 8.08. The molecule has 1 rings (SSSR count). The number of methoxy groups -OCH3 is 1. The van der Waals surface area contributed by atoms with E-state index in [0.717, 1.165) is 18.4 Å². The number of carbonyl (C=O) groups is 2. The molecule has 1 atom stereocenters. The van der Waals surface area contributed by atoms with Crippen LogP contribution in [0.4, 0.5) is 0 Å². The maximum atomic E-state index is 11.8. The molecule has 3 N–H and O–H groups in total. The number of hydrogen-bond acceptors (Lipinski definition) is 7. The van der Waals surface area contributed by atoms with Crippen molar-refractivity contribution in [1.29, 1.82) is 0 Å². The van der Waals surface area contributed by atoms with Crippen molar-refractivity contribution in [3.8, 4) is 0 Å². The maximum absolute atomic E-state index is 11.8. The summed E-state index contributed by atoms with van der Waals surface area (Å²) < 4.78 is 30.3. The van der Waals surface area contributed by atoms with E-state index in [2.05, 4.69) is 14.8 Å². The Morgan fingerprint density at radius 3 is 2.71 bits per heavy atom. The van der Waals surface area contributed by atoms with Gasteiger partial charge in [-0.2, -0.15) is 0 Å². The van der Waals surface area contributed by atoms with Crippen LogP contribution >= 0.6 is 11.3 Å². The molecule has 10 heteroatoms. The van der Waals surface area contributed by atoms with E-state index >= 15 is 0 Å². The average Bonchev–Trinajstić information content (AvgIpc) is 2.98. The molecule has 0 aromatic carbocycles. The van der Waals surface area contributed by atoms with Crippen LogP contribution in [-0.4, -0.2) is 51.7 Å². The van der Waals surface area contributed by atoms with Gasteiger partial charge in [-0.1, -0.05) is 6.07 Å². The zero-order valence-electron chi connectivity index (χ0n) is 11.2. The van der Waals surface area contributed by atoms with Crippen molar-refractivity contribution in [2.24, 2.45) is 0 Å². The highest BCUT2D eigenvalue weighted by molar-refractivity contribution is 7.91. The van der Waals surface area contributed by atoms with E-state index in [0.29, 0.717) is 0 Å². The highest BCUT2D eigenvalue weighted by atomic mass is 32.2. The number of sulfonamides is 1. The van der Waals surface area contributed by atoms with E-state index in [1.165, 1.54) is 6.07 Å². The van der Waals surface area contributed by atoms with Crippen LogP contribution in [0, 0.1) is 0 Å². The molecule has 0 aliphatic heterocycles. The Kier molecular flexibility index (Phi) is 6.75. The van der Waals surface area contributed by atoms with Crippen molar-refractivity contribution >= 4 is 33.2 Å². The lowest BCUT2D eigenvalue weighted by Crippen LogP contribution is -2.44. The summed E-state index contributed by atoms with van der Waals surface area (Å²) in [5.74, 6) is -1.35. The van der Waals surface area contributed by atoms with Gasteiger partial charge >= 0.3 is 5.97 Å². The zero-order valence-corrected chi connectivity index (χ0v) is 12.9. The lowest BCUT2D eigenvalue weighted by atomic mass is 10.3. The molecule has 8 nitrogen and oxygen atoms in total. The third-order valence-electron chi connectivity index (χ3n) is 2.41. The first kappa shape index (κ1) is 17.6. The van der Waals surface area contributed by atoms with Crippen molar-refractivity contribution in [1.82, 2.24) is 10.0 Å². The second-order valence-corrected chi connectivity index (χ2v) is 6.85. The summed E-state index contributed by atoms with van der Waals surface area (Å²) in [6, 6.07) is 1.90. The molecule has 1 aromatic heterocycles. The molecule has 0 aliphatic rings. The first-order valence-corrected chi connectivity index (χ1v) is 8.28. The summed E-state index contributed by atoms with van der Waals surface area (Å²) in [6.45, 7) is -0.718. The molecular weight excluding hydrogens is 320 g/mol. The van der Waals surface area contributed by atoms with Crippen LogP contribution in [-0.2, 0) is 24.3 Å². The lowest BCUT2D eigenvalue weighted by Gasteiger charge is -2.13.